The molecule has 106 valence electrons. The van der Waals surface area contributed by atoms with E-state index in [1.807, 2.05) is 18.2 Å². The maximum atomic E-state index is 13.8. The van der Waals surface area contributed by atoms with Gasteiger partial charge < -0.3 is 9.64 Å². The number of hydrogen-bond donors (Lipinski definition) is 0. The lowest BCUT2D eigenvalue weighted by molar-refractivity contribution is 0.434. The summed E-state index contributed by atoms with van der Waals surface area (Å²) in [5, 5.41) is 0. The summed E-state index contributed by atoms with van der Waals surface area (Å²) in [6, 6.07) is 5.00. The summed E-state index contributed by atoms with van der Waals surface area (Å²) in [7, 11) is 0. The Labute approximate surface area is 119 Å². The molecule has 2 nitrogen and oxygen atoms in total. The Morgan fingerprint density at radius 3 is 2.60 bits per heavy atom. The van der Waals surface area contributed by atoms with Crippen LogP contribution in [-0.2, 0) is 0 Å². The Morgan fingerprint density at radius 1 is 1.00 bits per heavy atom. The average Bonchev–Trinajstić information content (AvgIpc) is 2.49. The molecule has 1 fully saturated rings. The fourth-order valence-corrected chi connectivity index (χ4v) is 2.74. The number of nitrogens with zero attached hydrogens (tertiary/aromatic N) is 1. The lowest BCUT2D eigenvalue weighted by atomic mass is 10.1. The van der Waals surface area contributed by atoms with Gasteiger partial charge in [-0.1, -0.05) is 6.08 Å². The zero-order valence-electron chi connectivity index (χ0n) is 11.6. The van der Waals surface area contributed by atoms with E-state index in [1.54, 1.807) is 6.07 Å². The standard InChI is InChI=1S/C17H20FNO/c18-14-11-15(19-9-5-2-6-10-19)13-17(12-14)20-16-7-3-1-4-8-16/h3,7-8,11-13H,1-2,4-6,9-10H2. The molecule has 0 N–H and O–H groups in total. The third kappa shape index (κ3) is 3.21. The highest BCUT2D eigenvalue weighted by molar-refractivity contribution is 5.52. The van der Waals surface area contributed by atoms with Crippen molar-refractivity contribution in [1.29, 1.82) is 0 Å². The summed E-state index contributed by atoms with van der Waals surface area (Å²) < 4.78 is 19.6. The predicted octanol–water partition coefficient (Wildman–Crippen LogP) is 4.43. The van der Waals surface area contributed by atoms with E-state index in [4.69, 9.17) is 4.74 Å². The summed E-state index contributed by atoms with van der Waals surface area (Å²) in [6.45, 7) is 2.01. The first-order chi connectivity index (χ1) is 9.81. The summed E-state index contributed by atoms with van der Waals surface area (Å²) in [5.41, 5.74) is 0.931. The van der Waals surface area contributed by atoms with Gasteiger partial charge in [-0.3, -0.25) is 0 Å². The first kappa shape index (κ1) is 13.2. The molecule has 1 heterocycles. The second-order valence-corrected chi connectivity index (χ2v) is 5.38. The van der Waals surface area contributed by atoms with Crippen molar-refractivity contribution in [1.82, 2.24) is 0 Å². The van der Waals surface area contributed by atoms with Crippen LogP contribution >= 0.6 is 0 Å². The number of anilines is 1. The Hall–Kier alpha value is -1.77. The van der Waals surface area contributed by atoms with Crippen molar-refractivity contribution in [2.45, 2.75) is 32.1 Å². The molecule has 1 aliphatic carbocycles. The van der Waals surface area contributed by atoms with Gasteiger partial charge in [0.05, 0.1) is 0 Å². The summed E-state index contributed by atoms with van der Waals surface area (Å²) >= 11 is 0. The van der Waals surface area contributed by atoms with E-state index in [1.165, 1.54) is 25.3 Å². The molecule has 2 aliphatic rings. The summed E-state index contributed by atoms with van der Waals surface area (Å²) in [6.07, 6.45) is 11.8. The number of hydrogen-bond acceptors (Lipinski definition) is 2. The summed E-state index contributed by atoms with van der Waals surface area (Å²) in [4.78, 5) is 2.24. The Kier molecular flexibility index (Phi) is 4.05. The Bertz CT molecular complexity index is 530. The number of benzene rings is 1. The van der Waals surface area contributed by atoms with Gasteiger partial charge in [0, 0.05) is 30.9 Å². The van der Waals surface area contributed by atoms with Crippen LogP contribution in [0.2, 0.25) is 0 Å². The molecule has 20 heavy (non-hydrogen) atoms. The summed E-state index contributed by atoms with van der Waals surface area (Å²) in [5.74, 6) is 1.17. The maximum Gasteiger partial charge on any atom is 0.132 e. The lowest BCUT2D eigenvalue weighted by Crippen LogP contribution is -2.29. The molecule has 0 unspecified atom stereocenters. The quantitative estimate of drug-likeness (QED) is 0.808. The van der Waals surface area contributed by atoms with E-state index in [2.05, 4.69) is 11.0 Å². The molecule has 0 amide bonds. The van der Waals surface area contributed by atoms with Crippen molar-refractivity contribution in [3.63, 3.8) is 0 Å². The largest absolute Gasteiger partial charge is 0.458 e. The van der Waals surface area contributed by atoms with Gasteiger partial charge in [0.2, 0.25) is 0 Å². The highest BCUT2D eigenvalue weighted by Gasteiger charge is 2.13. The highest BCUT2D eigenvalue weighted by atomic mass is 19.1. The van der Waals surface area contributed by atoms with E-state index in [0.717, 1.165) is 37.4 Å². The van der Waals surface area contributed by atoms with E-state index in [-0.39, 0.29) is 5.82 Å². The molecule has 0 radical (unpaired) electrons. The molecular weight excluding hydrogens is 253 g/mol. The van der Waals surface area contributed by atoms with Crippen LogP contribution in [0.3, 0.4) is 0 Å². The van der Waals surface area contributed by atoms with Crippen molar-refractivity contribution >= 4 is 5.69 Å². The van der Waals surface area contributed by atoms with Crippen LogP contribution in [0.15, 0.2) is 42.2 Å². The second kappa shape index (κ2) is 6.12. The minimum Gasteiger partial charge on any atom is -0.458 e. The number of halogens is 1. The van der Waals surface area contributed by atoms with Crippen LogP contribution < -0.4 is 9.64 Å². The zero-order chi connectivity index (χ0) is 13.8. The monoisotopic (exact) mass is 273 g/mol. The molecule has 3 rings (SSSR count). The normalized spacial score (nSPS) is 18.9. The number of ether oxygens (including phenoxy) is 1. The van der Waals surface area contributed by atoms with E-state index < -0.39 is 0 Å². The fraction of sp³-hybridized carbons (Fsp3) is 0.412. The van der Waals surface area contributed by atoms with Crippen LogP contribution in [0.1, 0.15) is 32.1 Å². The number of allylic oxidation sites excluding steroid dienone is 3. The van der Waals surface area contributed by atoms with Crippen molar-refractivity contribution in [2.75, 3.05) is 18.0 Å². The first-order valence-corrected chi connectivity index (χ1v) is 7.41. The van der Waals surface area contributed by atoms with Gasteiger partial charge in [-0.15, -0.1) is 0 Å². The molecule has 0 atom stereocenters. The van der Waals surface area contributed by atoms with Crippen LogP contribution in [0.5, 0.6) is 5.75 Å². The van der Waals surface area contributed by atoms with Gasteiger partial charge >= 0.3 is 0 Å². The van der Waals surface area contributed by atoms with Crippen molar-refractivity contribution in [3.8, 4) is 5.75 Å². The van der Waals surface area contributed by atoms with Crippen molar-refractivity contribution in [2.24, 2.45) is 0 Å². The molecule has 1 aromatic rings. The molecule has 0 aromatic heterocycles. The maximum absolute atomic E-state index is 13.8. The average molecular weight is 273 g/mol. The SMILES string of the molecule is Fc1cc(OC2=CCCC=C2)cc(N2CCCCC2)c1. The topological polar surface area (TPSA) is 12.5 Å². The third-order valence-corrected chi connectivity index (χ3v) is 3.77. The van der Waals surface area contributed by atoms with Crippen LogP contribution in [-0.4, -0.2) is 13.1 Å². The van der Waals surface area contributed by atoms with Gasteiger partial charge in [-0.05, 0) is 50.3 Å². The molecule has 1 aromatic carbocycles. The number of rotatable bonds is 3. The fourth-order valence-electron chi connectivity index (χ4n) is 2.74. The minimum atomic E-state index is -0.233. The van der Waals surface area contributed by atoms with Crippen LogP contribution in [0.25, 0.3) is 0 Å². The molecule has 1 aliphatic heterocycles. The van der Waals surface area contributed by atoms with Crippen LogP contribution in [0.4, 0.5) is 10.1 Å². The van der Waals surface area contributed by atoms with E-state index in [0.29, 0.717) is 5.75 Å². The molecule has 3 heteroatoms. The number of piperidine rings is 1. The van der Waals surface area contributed by atoms with E-state index >= 15 is 0 Å². The van der Waals surface area contributed by atoms with Crippen molar-refractivity contribution < 1.29 is 9.13 Å². The van der Waals surface area contributed by atoms with Gasteiger partial charge in [0.25, 0.3) is 0 Å². The van der Waals surface area contributed by atoms with Gasteiger partial charge in [0.15, 0.2) is 0 Å². The van der Waals surface area contributed by atoms with Gasteiger partial charge in [-0.2, -0.15) is 0 Å². The Balaban J connectivity index is 1.78. The molecule has 0 bridgehead atoms. The minimum absolute atomic E-state index is 0.233. The smallest absolute Gasteiger partial charge is 0.132 e. The highest BCUT2D eigenvalue weighted by Crippen LogP contribution is 2.27. The molecule has 0 saturated carbocycles. The molecular formula is C17H20FNO. The first-order valence-electron chi connectivity index (χ1n) is 7.41. The second-order valence-electron chi connectivity index (χ2n) is 5.38. The Morgan fingerprint density at radius 2 is 1.85 bits per heavy atom. The van der Waals surface area contributed by atoms with Crippen molar-refractivity contribution in [3.05, 3.63) is 48.0 Å². The predicted molar refractivity (Wildman–Crippen MR) is 79.5 cm³/mol. The molecule has 1 saturated heterocycles. The third-order valence-electron chi connectivity index (χ3n) is 3.77. The van der Waals surface area contributed by atoms with Gasteiger partial charge in [0.1, 0.15) is 17.3 Å². The lowest BCUT2D eigenvalue weighted by Gasteiger charge is -2.29. The van der Waals surface area contributed by atoms with E-state index in [9.17, 15) is 4.39 Å². The zero-order valence-corrected chi connectivity index (χ0v) is 11.6. The van der Waals surface area contributed by atoms with Gasteiger partial charge in [-0.25, -0.2) is 4.39 Å². The van der Waals surface area contributed by atoms with Crippen LogP contribution in [0, 0.1) is 5.82 Å². The molecule has 0 spiro atoms.